The molecule has 0 aromatic heterocycles. The van der Waals surface area contributed by atoms with Crippen LogP contribution < -0.4 is 9.62 Å². The molecule has 236 valence electrons. The lowest BCUT2D eigenvalue weighted by molar-refractivity contribution is -0.140. The first-order valence-corrected chi connectivity index (χ1v) is 17.6. The molecule has 1 atom stereocenters. The van der Waals surface area contributed by atoms with E-state index >= 15 is 0 Å². The van der Waals surface area contributed by atoms with Gasteiger partial charge in [-0.25, -0.2) is 8.42 Å². The number of thioether (sulfide) groups is 1. The van der Waals surface area contributed by atoms with Gasteiger partial charge in [0.15, 0.2) is 0 Å². The monoisotopic (exact) mass is 643 g/mol. The van der Waals surface area contributed by atoms with Gasteiger partial charge in [0.05, 0.1) is 10.6 Å². The maximum atomic E-state index is 14.5. The van der Waals surface area contributed by atoms with Crippen molar-refractivity contribution in [3.8, 4) is 0 Å². The number of anilines is 1. The molecule has 2 amide bonds. The minimum absolute atomic E-state index is 0.0808. The predicted molar refractivity (Wildman–Crippen MR) is 183 cm³/mol. The fourth-order valence-corrected chi connectivity index (χ4v) is 6.88. The van der Waals surface area contributed by atoms with Gasteiger partial charge in [0.25, 0.3) is 10.0 Å². The second-order valence-corrected chi connectivity index (χ2v) is 14.1. The van der Waals surface area contributed by atoms with Crippen LogP contribution in [0.2, 0.25) is 0 Å². The first-order chi connectivity index (χ1) is 21.5. The molecule has 9 heteroatoms. The highest BCUT2D eigenvalue weighted by molar-refractivity contribution is 7.98. The lowest BCUT2D eigenvalue weighted by atomic mass is 10.0. The number of carbonyl (C=O) groups excluding carboxylic acids is 2. The summed E-state index contributed by atoms with van der Waals surface area (Å²) in [5, 5.41) is 2.99. The largest absolute Gasteiger partial charge is 0.352 e. The van der Waals surface area contributed by atoms with E-state index in [1.807, 2.05) is 101 Å². The number of amides is 2. The summed E-state index contributed by atoms with van der Waals surface area (Å²) in [6.45, 7) is 7.28. The van der Waals surface area contributed by atoms with Crippen LogP contribution in [-0.4, -0.2) is 50.0 Å². The van der Waals surface area contributed by atoms with E-state index < -0.39 is 28.5 Å². The Labute approximate surface area is 271 Å². The molecular formula is C36H41N3O4S2. The SMILES string of the molecule is CSc1ccc(S(=O)(=O)N(CC(=O)N(Cc2cccc(C)c2)C(Cc2ccccc2)C(=O)NC(C)C)c2ccc(C)cc2)cc1. The van der Waals surface area contributed by atoms with Gasteiger partial charge in [-0.2, -0.15) is 0 Å². The van der Waals surface area contributed by atoms with Gasteiger partial charge in [0, 0.05) is 23.9 Å². The summed E-state index contributed by atoms with van der Waals surface area (Å²) in [6, 6.07) is 29.9. The van der Waals surface area contributed by atoms with E-state index in [0.717, 1.165) is 31.5 Å². The fourth-order valence-electron chi connectivity index (χ4n) is 5.06. The second kappa shape index (κ2) is 15.3. The highest BCUT2D eigenvalue weighted by Gasteiger charge is 2.34. The number of nitrogens with zero attached hydrogens (tertiary/aromatic N) is 2. The van der Waals surface area contributed by atoms with Gasteiger partial charge in [-0.05, 0) is 81.5 Å². The van der Waals surface area contributed by atoms with Crippen LogP contribution in [0, 0.1) is 13.8 Å². The molecule has 0 aliphatic rings. The lowest BCUT2D eigenvalue weighted by Gasteiger charge is -2.34. The summed E-state index contributed by atoms with van der Waals surface area (Å²) in [6.07, 6.45) is 2.19. The summed E-state index contributed by atoms with van der Waals surface area (Å²) < 4.78 is 29.5. The van der Waals surface area contributed by atoms with Crippen LogP contribution in [0.15, 0.2) is 113 Å². The van der Waals surface area contributed by atoms with Crippen molar-refractivity contribution < 1.29 is 18.0 Å². The molecule has 0 bridgehead atoms. The van der Waals surface area contributed by atoms with E-state index in [1.165, 1.54) is 16.7 Å². The van der Waals surface area contributed by atoms with Crippen LogP contribution in [0.4, 0.5) is 5.69 Å². The van der Waals surface area contributed by atoms with Crippen molar-refractivity contribution in [1.82, 2.24) is 10.2 Å². The van der Waals surface area contributed by atoms with Crippen LogP contribution >= 0.6 is 11.8 Å². The van der Waals surface area contributed by atoms with Crippen molar-refractivity contribution in [2.24, 2.45) is 0 Å². The minimum atomic E-state index is -4.15. The number of nitrogens with one attached hydrogen (secondary N) is 1. The summed E-state index contributed by atoms with van der Waals surface area (Å²) in [5.74, 6) is -0.784. The van der Waals surface area contributed by atoms with Crippen molar-refractivity contribution in [3.05, 3.63) is 125 Å². The Morgan fingerprint density at radius 1 is 0.800 bits per heavy atom. The Morgan fingerprint density at radius 3 is 2.04 bits per heavy atom. The highest BCUT2D eigenvalue weighted by Crippen LogP contribution is 2.27. The maximum Gasteiger partial charge on any atom is 0.264 e. The van der Waals surface area contributed by atoms with Gasteiger partial charge >= 0.3 is 0 Å². The highest BCUT2D eigenvalue weighted by atomic mass is 32.2. The number of rotatable bonds is 13. The summed E-state index contributed by atoms with van der Waals surface area (Å²) in [4.78, 5) is 30.8. The molecule has 0 radical (unpaired) electrons. The molecule has 0 aliphatic carbocycles. The number of benzene rings is 4. The molecule has 4 rings (SSSR count). The van der Waals surface area contributed by atoms with Gasteiger partial charge in [-0.15, -0.1) is 11.8 Å². The van der Waals surface area contributed by atoms with Crippen LogP contribution in [0.25, 0.3) is 0 Å². The Bertz CT molecular complexity index is 1690. The van der Waals surface area contributed by atoms with Gasteiger partial charge < -0.3 is 10.2 Å². The molecule has 1 N–H and O–H groups in total. The van der Waals surface area contributed by atoms with Crippen LogP contribution in [0.1, 0.15) is 36.1 Å². The molecule has 45 heavy (non-hydrogen) atoms. The first-order valence-electron chi connectivity index (χ1n) is 14.9. The normalized spacial score (nSPS) is 12.0. The number of sulfonamides is 1. The lowest BCUT2D eigenvalue weighted by Crippen LogP contribution is -2.54. The third-order valence-electron chi connectivity index (χ3n) is 7.39. The van der Waals surface area contributed by atoms with E-state index in [9.17, 15) is 18.0 Å². The zero-order chi connectivity index (χ0) is 32.6. The molecule has 7 nitrogen and oxygen atoms in total. The van der Waals surface area contributed by atoms with Gasteiger partial charge in [0.2, 0.25) is 11.8 Å². The van der Waals surface area contributed by atoms with Crippen molar-refractivity contribution in [1.29, 1.82) is 0 Å². The molecule has 4 aromatic carbocycles. The number of hydrogen-bond donors (Lipinski definition) is 1. The smallest absolute Gasteiger partial charge is 0.264 e. The minimum Gasteiger partial charge on any atom is -0.352 e. The third-order valence-corrected chi connectivity index (χ3v) is 9.92. The Morgan fingerprint density at radius 2 is 1.44 bits per heavy atom. The van der Waals surface area contributed by atoms with Gasteiger partial charge in [-0.3, -0.25) is 13.9 Å². The van der Waals surface area contributed by atoms with Crippen molar-refractivity contribution in [2.75, 3.05) is 17.1 Å². The molecule has 0 heterocycles. The van der Waals surface area contributed by atoms with Gasteiger partial charge in [-0.1, -0.05) is 77.9 Å². The summed E-state index contributed by atoms with van der Waals surface area (Å²) >= 11 is 1.51. The number of hydrogen-bond acceptors (Lipinski definition) is 5. The second-order valence-electron chi connectivity index (χ2n) is 11.4. The quantitative estimate of drug-likeness (QED) is 0.171. The number of aryl methyl sites for hydroxylation is 2. The first kappa shape index (κ1) is 33.8. The van der Waals surface area contributed by atoms with E-state index in [1.54, 1.807) is 36.4 Å². The molecule has 0 aliphatic heterocycles. The van der Waals surface area contributed by atoms with Crippen LogP contribution in [0.3, 0.4) is 0 Å². The Kier molecular flexibility index (Phi) is 11.5. The molecule has 0 spiro atoms. The zero-order valence-electron chi connectivity index (χ0n) is 26.4. The van der Waals surface area contributed by atoms with Crippen molar-refractivity contribution in [3.63, 3.8) is 0 Å². The van der Waals surface area contributed by atoms with E-state index in [2.05, 4.69) is 5.32 Å². The maximum absolute atomic E-state index is 14.5. The fraction of sp³-hybridized carbons (Fsp3) is 0.278. The standard InChI is InChI=1S/C36H41N3O4S2/c1-26(2)37-36(41)34(23-29-11-7-6-8-12-29)38(24-30-13-9-10-28(4)22-30)35(40)25-39(31-16-14-27(3)15-17-31)45(42,43)33-20-18-32(44-5)19-21-33/h6-22,26,34H,23-25H2,1-5H3,(H,37,41). The molecule has 0 fully saturated rings. The summed E-state index contributed by atoms with van der Waals surface area (Å²) in [5.41, 5.74) is 4.07. The van der Waals surface area contributed by atoms with E-state index in [-0.39, 0.29) is 29.8 Å². The third kappa shape index (κ3) is 8.99. The zero-order valence-corrected chi connectivity index (χ0v) is 28.1. The van der Waals surface area contributed by atoms with Crippen LogP contribution in [0.5, 0.6) is 0 Å². The van der Waals surface area contributed by atoms with E-state index in [4.69, 9.17) is 0 Å². The average Bonchev–Trinajstić information content (AvgIpc) is 3.02. The van der Waals surface area contributed by atoms with Crippen LogP contribution in [-0.2, 0) is 32.6 Å². The molecular weight excluding hydrogens is 603 g/mol. The molecule has 0 saturated carbocycles. The number of carbonyl (C=O) groups is 2. The Balaban J connectivity index is 1.80. The molecule has 1 unspecified atom stereocenters. The molecule has 4 aromatic rings. The average molecular weight is 644 g/mol. The topological polar surface area (TPSA) is 86.8 Å². The van der Waals surface area contributed by atoms with E-state index in [0.29, 0.717) is 5.69 Å². The van der Waals surface area contributed by atoms with Gasteiger partial charge in [0.1, 0.15) is 12.6 Å². The molecule has 0 saturated heterocycles. The van der Waals surface area contributed by atoms with Crippen molar-refractivity contribution in [2.45, 2.75) is 62.5 Å². The summed E-state index contributed by atoms with van der Waals surface area (Å²) in [7, 11) is -4.15. The predicted octanol–water partition coefficient (Wildman–Crippen LogP) is 6.39. The van der Waals surface area contributed by atoms with Crippen molar-refractivity contribution >= 4 is 39.3 Å². The Hall–Kier alpha value is -4.08.